The van der Waals surface area contributed by atoms with Gasteiger partial charge in [-0.2, -0.15) is 0 Å². The lowest BCUT2D eigenvalue weighted by molar-refractivity contribution is 0.431. The Balaban J connectivity index is 0.00000196. The molecule has 0 atom stereocenters. The van der Waals surface area contributed by atoms with Gasteiger partial charge in [0.25, 0.3) is 0 Å². The van der Waals surface area contributed by atoms with Gasteiger partial charge in [-0.15, -0.1) is 0 Å². The third-order valence-electron chi connectivity index (χ3n) is 7.38. The van der Waals surface area contributed by atoms with E-state index in [1.54, 1.807) is 31.2 Å². The molecule has 3 aliphatic rings. The Morgan fingerprint density at radius 1 is 0.538 bits per heavy atom. The van der Waals surface area contributed by atoms with Gasteiger partial charge in [-0.3, -0.25) is 0 Å². The zero-order valence-electron chi connectivity index (χ0n) is 16.0. The summed E-state index contributed by atoms with van der Waals surface area (Å²) in [7, 11) is 0.297. The monoisotopic (exact) mass is 370 g/mol. The van der Waals surface area contributed by atoms with E-state index in [-0.39, 0.29) is 8.41 Å². The maximum atomic E-state index is 2.37. The molecule has 0 saturated heterocycles. The molecule has 1 aromatic carbocycles. The van der Waals surface area contributed by atoms with Crippen LogP contribution in [0.2, 0.25) is 0 Å². The van der Waals surface area contributed by atoms with Gasteiger partial charge >= 0.3 is 0 Å². The van der Waals surface area contributed by atoms with Crippen molar-refractivity contribution in [1.29, 1.82) is 0 Å². The van der Waals surface area contributed by atoms with E-state index >= 15 is 0 Å². The van der Waals surface area contributed by atoms with Gasteiger partial charge in [0, 0.05) is 0 Å². The maximum absolute atomic E-state index is 2.37. The normalized spacial score (nSPS) is 28.7. The first-order valence-electron chi connectivity index (χ1n) is 11.2. The highest BCUT2D eigenvalue weighted by Gasteiger charge is 2.37. The average molecular weight is 370 g/mol. The van der Waals surface area contributed by atoms with Crippen LogP contribution in [0.3, 0.4) is 0 Å². The molecule has 0 aromatic heterocycles. The smallest absolute Gasteiger partial charge is 0.0814 e. The third-order valence-corrected chi connectivity index (χ3v) is 11.5. The van der Waals surface area contributed by atoms with Crippen LogP contribution in [0.1, 0.15) is 101 Å². The van der Waals surface area contributed by atoms with Gasteiger partial charge in [-0.05, 0) is 79.8 Å². The molecular formula is C24H40BP. The minimum absolute atomic E-state index is 0. The van der Waals surface area contributed by atoms with E-state index in [0.717, 1.165) is 22.9 Å². The lowest BCUT2D eigenvalue weighted by Gasteiger charge is -2.45. The minimum atomic E-state index is 0. The lowest BCUT2D eigenvalue weighted by Crippen LogP contribution is -2.29. The van der Waals surface area contributed by atoms with Crippen LogP contribution >= 0.6 is 7.92 Å². The second-order valence-corrected chi connectivity index (χ2v) is 12.0. The summed E-state index contributed by atoms with van der Waals surface area (Å²) in [4.78, 5) is 0. The molecule has 26 heavy (non-hydrogen) atoms. The fourth-order valence-electron chi connectivity index (χ4n) is 6.09. The van der Waals surface area contributed by atoms with E-state index in [2.05, 4.69) is 30.3 Å². The molecule has 144 valence electrons. The molecule has 0 bridgehead atoms. The molecule has 0 unspecified atom stereocenters. The maximum Gasteiger partial charge on any atom is 0.0814 e. The van der Waals surface area contributed by atoms with Crippen molar-refractivity contribution in [3.63, 3.8) is 0 Å². The van der Waals surface area contributed by atoms with Crippen molar-refractivity contribution < 1.29 is 0 Å². The van der Waals surface area contributed by atoms with E-state index in [4.69, 9.17) is 0 Å². The molecular weight excluding hydrogens is 330 g/mol. The highest BCUT2D eigenvalue weighted by atomic mass is 31.1. The summed E-state index contributed by atoms with van der Waals surface area (Å²) in [6, 6.07) is 11.4. The summed E-state index contributed by atoms with van der Waals surface area (Å²) in [6.07, 6.45) is 21.5. The topological polar surface area (TPSA) is 0 Å². The molecule has 3 saturated carbocycles. The van der Waals surface area contributed by atoms with Crippen LogP contribution in [0.25, 0.3) is 0 Å². The van der Waals surface area contributed by atoms with Crippen molar-refractivity contribution in [2.24, 2.45) is 0 Å². The molecule has 1 aromatic rings. The Kier molecular flexibility index (Phi) is 8.11. The summed E-state index contributed by atoms with van der Waals surface area (Å²) >= 11 is 0. The van der Waals surface area contributed by atoms with Gasteiger partial charge < -0.3 is 0 Å². The van der Waals surface area contributed by atoms with Crippen LogP contribution in [0.5, 0.6) is 0 Å². The highest BCUT2D eigenvalue weighted by molar-refractivity contribution is 7.60. The Morgan fingerprint density at radius 2 is 1.00 bits per heavy atom. The molecule has 0 N–H and O–H groups in total. The van der Waals surface area contributed by atoms with E-state index in [1.807, 2.05) is 0 Å². The first-order chi connectivity index (χ1) is 12.4. The standard InChI is InChI=1S/C24H37P.BH3/c1-4-10-20(11-5-1)21-16-18-24(19-17-21)25(22-12-6-2-7-13-22)23-14-8-3-9-15-23;/h1,4-5,10-11,21-24H,2-3,6-9,12-19H2;1H3. The molecule has 2 heteroatoms. The quantitative estimate of drug-likeness (QED) is 0.410. The van der Waals surface area contributed by atoms with E-state index < -0.39 is 0 Å². The number of rotatable bonds is 4. The molecule has 0 nitrogen and oxygen atoms in total. The first-order valence-corrected chi connectivity index (χ1v) is 12.8. The predicted octanol–water partition coefficient (Wildman–Crippen LogP) is 6.68. The fourth-order valence-corrected chi connectivity index (χ4v) is 10.7. The Labute approximate surface area is 165 Å². The molecule has 0 aliphatic heterocycles. The Morgan fingerprint density at radius 3 is 1.50 bits per heavy atom. The van der Waals surface area contributed by atoms with Crippen LogP contribution in [0, 0.1) is 0 Å². The van der Waals surface area contributed by atoms with Crippen LogP contribution in [0.15, 0.2) is 30.3 Å². The van der Waals surface area contributed by atoms with Gasteiger partial charge in [0.15, 0.2) is 0 Å². The first kappa shape index (κ1) is 20.4. The van der Waals surface area contributed by atoms with E-state index in [1.165, 1.54) is 64.2 Å². The third kappa shape index (κ3) is 4.95. The Bertz CT molecular complexity index is 478. The van der Waals surface area contributed by atoms with Gasteiger partial charge in [0.05, 0.1) is 8.41 Å². The molecule has 0 heterocycles. The Hall–Kier alpha value is -0.285. The van der Waals surface area contributed by atoms with Gasteiger partial charge in [0.1, 0.15) is 0 Å². The number of hydrogen-bond donors (Lipinski definition) is 0. The van der Waals surface area contributed by atoms with Gasteiger partial charge in [-0.25, -0.2) is 0 Å². The fraction of sp³-hybridized carbons (Fsp3) is 0.750. The van der Waals surface area contributed by atoms with Crippen molar-refractivity contribution in [3.8, 4) is 0 Å². The summed E-state index contributed by atoms with van der Waals surface area (Å²) in [5, 5.41) is 0. The largest absolute Gasteiger partial charge is 0.0971 e. The summed E-state index contributed by atoms with van der Waals surface area (Å²) in [6.45, 7) is 0. The van der Waals surface area contributed by atoms with Gasteiger partial charge in [-0.1, -0.05) is 76.8 Å². The van der Waals surface area contributed by atoms with Crippen molar-refractivity contribution in [2.75, 3.05) is 0 Å². The number of hydrogen-bond acceptors (Lipinski definition) is 0. The summed E-state index contributed by atoms with van der Waals surface area (Å²) in [5.41, 5.74) is 5.01. The molecule has 0 radical (unpaired) electrons. The van der Waals surface area contributed by atoms with Crippen LogP contribution in [-0.4, -0.2) is 25.4 Å². The van der Waals surface area contributed by atoms with Crippen molar-refractivity contribution in [2.45, 2.75) is 113 Å². The van der Waals surface area contributed by atoms with Crippen molar-refractivity contribution >= 4 is 16.3 Å². The van der Waals surface area contributed by atoms with Crippen LogP contribution in [0.4, 0.5) is 0 Å². The second kappa shape index (κ2) is 10.3. The average Bonchev–Trinajstić information content (AvgIpc) is 2.71. The molecule has 0 amide bonds. The molecule has 0 spiro atoms. The van der Waals surface area contributed by atoms with Crippen molar-refractivity contribution in [3.05, 3.63) is 35.9 Å². The SMILES string of the molecule is B.c1ccc(C2CCC(P(C3CCCCC3)C3CCCCC3)CC2)cc1. The molecule has 3 aliphatic carbocycles. The molecule has 3 fully saturated rings. The lowest BCUT2D eigenvalue weighted by atomic mass is 9.84. The summed E-state index contributed by atoms with van der Waals surface area (Å²) < 4.78 is 0. The van der Waals surface area contributed by atoms with E-state index in [9.17, 15) is 0 Å². The second-order valence-electron chi connectivity index (χ2n) is 8.95. The number of benzene rings is 1. The van der Waals surface area contributed by atoms with Crippen LogP contribution < -0.4 is 0 Å². The summed E-state index contributed by atoms with van der Waals surface area (Å²) in [5.74, 6) is 0.854. The highest BCUT2D eigenvalue weighted by Crippen LogP contribution is 2.62. The van der Waals surface area contributed by atoms with E-state index in [0.29, 0.717) is 7.92 Å². The molecule has 4 rings (SSSR count). The zero-order valence-corrected chi connectivity index (χ0v) is 16.9. The van der Waals surface area contributed by atoms with Crippen LogP contribution in [-0.2, 0) is 0 Å². The predicted molar refractivity (Wildman–Crippen MR) is 122 cm³/mol. The van der Waals surface area contributed by atoms with Gasteiger partial charge in [0.2, 0.25) is 0 Å². The van der Waals surface area contributed by atoms with Crippen molar-refractivity contribution in [1.82, 2.24) is 0 Å². The minimum Gasteiger partial charge on any atom is -0.0971 e. The zero-order chi connectivity index (χ0) is 16.9.